The first-order valence-electron chi connectivity index (χ1n) is 3.94. The summed E-state index contributed by atoms with van der Waals surface area (Å²) in [4.78, 5) is 0. The molecule has 0 aromatic carbocycles. The minimum atomic E-state index is -3.29. The fourth-order valence-electron chi connectivity index (χ4n) is 0.752. The molecule has 0 fully saturated rings. The Kier molecular flexibility index (Phi) is 5.44. The van der Waals surface area contributed by atoms with Crippen LogP contribution in [0.15, 0.2) is 0 Å². The molecule has 0 rings (SSSR count). The van der Waals surface area contributed by atoms with E-state index in [-0.39, 0.29) is 12.7 Å². The Labute approximate surface area is 73.7 Å². The second kappa shape index (κ2) is 5.50. The molecule has 0 aliphatic rings. The van der Waals surface area contributed by atoms with Crippen LogP contribution in [0.5, 0.6) is 0 Å². The van der Waals surface area contributed by atoms with E-state index in [1.807, 2.05) is 0 Å². The lowest BCUT2D eigenvalue weighted by molar-refractivity contribution is 0.177. The molecule has 0 aliphatic carbocycles. The van der Waals surface area contributed by atoms with Gasteiger partial charge in [0.1, 0.15) is 0 Å². The Morgan fingerprint density at radius 3 is 2.42 bits per heavy atom. The molecule has 0 aliphatic heterocycles. The van der Waals surface area contributed by atoms with E-state index >= 15 is 0 Å². The number of hydrogen-bond acceptors (Lipinski definition) is 4. The predicted octanol–water partition coefficient (Wildman–Crippen LogP) is 0.514. The third kappa shape index (κ3) is 9.87. The van der Waals surface area contributed by atoms with Crippen molar-refractivity contribution >= 4 is 10.1 Å². The molecule has 0 heterocycles. The van der Waals surface area contributed by atoms with Crippen molar-refractivity contribution in [2.24, 2.45) is 0 Å². The second-order valence-corrected chi connectivity index (χ2v) is 4.51. The van der Waals surface area contributed by atoms with Gasteiger partial charge in [-0.05, 0) is 26.2 Å². The van der Waals surface area contributed by atoms with Gasteiger partial charge in [-0.3, -0.25) is 4.18 Å². The Morgan fingerprint density at radius 2 is 2.00 bits per heavy atom. The highest BCUT2D eigenvalue weighted by Crippen LogP contribution is 2.01. The molecule has 0 amide bonds. The normalized spacial score (nSPS) is 14.6. The summed E-state index contributed by atoms with van der Waals surface area (Å²) in [6.07, 6.45) is 2.85. The molecule has 0 saturated heterocycles. The van der Waals surface area contributed by atoms with Crippen molar-refractivity contribution in [1.82, 2.24) is 0 Å². The van der Waals surface area contributed by atoms with Crippen LogP contribution in [0.4, 0.5) is 0 Å². The summed E-state index contributed by atoms with van der Waals surface area (Å²) < 4.78 is 25.4. The van der Waals surface area contributed by atoms with Crippen molar-refractivity contribution in [3.8, 4) is 0 Å². The van der Waals surface area contributed by atoms with Gasteiger partial charge < -0.3 is 5.11 Å². The molecule has 0 radical (unpaired) electrons. The summed E-state index contributed by atoms with van der Waals surface area (Å²) in [6, 6.07) is 0. The van der Waals surface area contributed by atoms with Crippen molar-refractivity contribution in [2.45, 2.75) is 32.3 Å². The van der Waals surface area contributed by atoms with Crippen LogP contribution in [0.25, 0.3) is 0 Å². The number of aliphatic hydroxyl groups excluding tert-OH is 1. The second-order valence-electron chi connectivity index (χ2n) is 2.87. The molecule has 1 N–H and O–H groups in total. The first-order valence-corrected chi connectivity index (χ1v) is 5.76. The Morgan fingerprint density at radius 1 is 1.42 bits per heavy atom. The Hall–Kier alpha value is -0.130. The molecule has 5 heteroatoms. The Bertz CT molecular complexity index is 195. The first-order chi connectivity index (χ1) is 5.42. The minimum absolute atomic E-state index is 0.214. The van der Waals surface area contributed by atoms with Crippen LogP contribution in [-0.2, 0) is 14.3 Å². The molecule has 0 bridgehead atoms. The highest BCUT2D eigenvalue weighted by molar-refractivity contribution is 7.85. The van der Waals surface area contributed by atoms with Crippen LogP contribution < -0.4 is 0 Å². The van der Waals surface area contributed by atoms with Crippen LogP contribution in [0.1, 0.15) is 26.2 Å². The molecule has 0 spiro atoms. The van der Waals surface area contributed by atoms with E-state index in [1.165, 1.54) is 0 Å². The lowest BCUT2D eigenvalue weighted by atomic mass is 10.2. The van der Waals surface area contributed by atoms with Gasteiger partial charge in [0.15, 0.2) is 0 Å². The van der Waals surface area contributed by atoms with Crippen molar-refractivity contribution in [1.29, 1.82) is 0 Å². The maximum Gasteiger partial charge on any atom is 0.264 e. The highest BCUT2D eigenvalue weighted by Gasteiger charge is 2.01. The van der Waals surface area contributed by atoms with Crippen LogP contribution in [0, 0.1) is 0 Å². The third-order valence-electron chi connectivity index (χ3n) is 1.31. The van der Waals surface area contributed by atoms with Gasteiger partial charge in [-0.2, -0.15) is 8.42 Å². The molecule has 1 atom stereocenters. The van der Waals surface area contributed by atoms with Gasteiger partial charge in [-0.15, -0.1) is 0 Å². The predicted molar refractivity (Wildman–Crippen MR) is 46.3 cm³/mol. The average Bonchev–Trinajstić information content (AvgIpc) is 1.83. The largest absolute Gasteiger partial charge is 0.393 e. The topological polar surface area (TPSA) is 63.6 Å². The number of rotatable bonds is 6. The molecule has 0 saturated carbocycles. The summed E-state index contributed by atoms with van der Waals surface area (Å²) in [5.74, 6) is 0. The maximum absolute atomic E-state index is 10.5. The molecular weight excluding hydrogens is 180 g/mol. The summed E-state index contributed by atoms with van der Waals surface area (Å²) in [5, 5.41) is 8.85. The lowest BCUT2D eigenvalue weighted by Crippen LogP contribution is -2.05. The molecule has 1 unspecified atom stereocenters. The number of unbranched alkanes of at least 4 members (excludes halogenated alkanes) is 1. The Balaban J connectivity index is 3.23. The van der Waals surface area contributed by atoms with E-state index in [9.17, 15) is 8.42 Å². The zero-order valence-corrected chi connectivity index (χ0v) is 8.30. The van der Waals surface area contributed by atoms with Crippen molar-refractivity contribution in [3.05, 3.63) is 0 Å². The average molecular weight is 196 g/mol. The van der Waals surface area contributed by atoms with Crippen molar-refractivity contribution < 1.29 is 17.7 Å². The van der Waals surface area contributed by atoms with Gasteiger partial charge in [0, 0.05) is 0 Å². The number of aliphatic hydroxyl groups is 1. The smallest absolute Gasteiger partial charge is 0.264 e. The van der Waals surface area contributed by atoms with E-state index in [0.717, 1.165) is 12.7 Å². The van der Waals surface area contributed by atoms with Gasteiger partial charge >= 0.3 is 0 Å². The molecule has 74 valence electrons. The van der Waals surface area contributed by atoms with Crippen LogP contribution in [0.3, 0.4) is 0 Å². The summed E-state index contributed by atoms with van der Waals surface area (Å²) in [5.41, 5.74) is 0. The van der Waals surface area contributed by atoms with Gasteiger partial charge in [-0.1, -0.05) is 0 Å². The molecule has 0 aromatic rings. The zero-order valence-electron chi connectivity index (χ0n) is 7.49. The standard InChI is InChI=1S/C7H16O4S/c1-7(8)5-3-4-6-11-12(2,9)10/h7-8H,3-6H2,1-2H3. The summed E-state index contributed by atoms with van der Waals surface area (Å²) in [6.45, 7) is 1.92. The maximum atomic E-state index is 10.5. The highest BCUT2D eigenvalue weighted by atomic mass is 32.2. The quantitative estimate of drug-likeness (QED) is 0.496. The minimum Gasteiger partial charge on any atom is -0.393 e. The van der Waals surface area contributed by atoms with E-state index in [2.05, 4.69) is 4.18 Å². The summed E-state index contributed by atoms with van der Waals surface area (Å²) in [7, 11) is -3.29. The number of hydrogen-bond donors (Lipinski definition) is 1. The molecular formula is C7H16O4S. The van der Waals surface area contributed by atoms with E-state index in [1.54, 1.807) is 6.92 Å². The molecule has 0 aromatic heterocycles. The zero-order chi connectivity index (χ0) is 9.61. The van der Waals surface area contributed by atoms with Crippen LogP contribution in [0.2, 0.25) is 0 Å². The fourth-order valence-corrected chi connectivity index (χ4v) is 1.17. The van der Waals surface area contributed by atoms with E-state index in [4.69, 9.17) is 5.11 Å². The van der Waals surface area contributed by atoms with E-state index in [0.29, 0.717) is 12.8 Å². The first kappa shape index (κ1) is 11.9. The molecule has 12 heavy (non-hydrogen) atoms. The third-order valence-corrected chi connectivity index (χ3v) is 1.91. The van der Waals surface area contributed by atoms with E-state index < -0.39 is 10.1 Å². The van der Waals surface area contributed by atoms with Crippen LogP contribution >= 0.6 is 0 Å². The molecule has 4 nitrogen and oxygen atoms in total. The summed E-state index contributed by atoms with van der Waals surface area (Å²) >= 11 is 0. The monoisotopic (exact) mass is 196 g/mol. The van der Waals surface area contributed by atoms with Gasteiger partial charge in [-0.25, -0.2) is 0 Å². The fraction of sp³-hybridized carbons (Fsp3) is 1.00. The SMILES string of the molecule is CC(O)CCCCOS(C)(=O)=O. The lowest BCUT2D eigenvalue weighted by Gasteiger charge is -2.03. The van der Waals surface area contributed by atoms with Crippen molar-refractivity contribution in [3.63, 3.8) is 0 Å². The van der Waals surface area contributed by atoms with Crippen molar-refractivity contribution in [2.75, 3.05) is 12.9 Å². The van der Waals surface area contributed by atoms with Gasteiger partial charge in [0.2, 0.25) is 0 Å². The van der Waals surface area contributed by atoms with Crippen LogP contribution in [-0.4, -0.2) is 32.5 Å². The van der Waals surface area contributed by atoms with Gasteiger partial charge in [0.25, 0.3) is 10.1 Å². The van der Waals surface area contributed by atoms with Gasteiger partial charge in [0.05, 0.1) is 19.0 Å².